The first-order valence-electron chi connectivity index (χ1n) is 7.81. The van der Waals surface area contributed by atoms with Gasteiger partial charge in [-0.3, -0.25) is 0 Å². The van der Waals surface area contributed by atoms with Crippen LogP contribution < -0.4 is 5.32 Å². The molecule has 0 heterocycles. The van der Waals surface area contributed by atoms with Gasteiger partial charge in [0.05, 0.1) is 0 Å². The molecule has 1 saturated carbocycles. The Morgan fingerprint density at radius 3 is 2.58 bits per heavy atom. The molecule has 1 aromatic carbocycles. The van der Waals surface area contributed by atoms with Crippen molar-refractivity contribution in [3.8, 4) is 0 Å². The quantitative estimate of drug-likeness (QED) is 0.789. The fourth-order valence-corrected chi connectivity index (χ4v) is 3.48. The lowest BCUT2D eigenvalue weighted by molar-refractivity contribution is 0.212. The van der Waals surface area contributed by atoms with Gasteiger partial charge in [0.2, 0.25) is 0 Å². The highest BCUT2D eigenvalue weighted by molar-refractivity contribution is 5.54. The molecule has 3 atom stereocenters. The first-order valence-corrected chi connectivity index (χ1v) is 7.81. The van der Waals surface area contributed by atoms with Crippen molar-refractivity contribution in [1.82, 2.24) is 0 Å². The van der Waals surface area contributed by atoms with Crippen LogP contribution >= 0.6 is 0 Å². The highest BCUT2D eigenvalue weighted by Gasteiger charge is 2.30. The number of benzene rings is 1. The first kappa shape index (κ1) is 14.4. The fraction of sp³-hybridized carbons (Fsp3) is 0.667. The van der Waals surface area contributed by atoms with Gasteiger partial charge in [0.15, 0.2) is 0 Å². The van der Waals surface area contributed by atoms with Crippen molar-refractivity contribution in [3.63, 3.8) is 0 Å². The molecule has 0 aromatic heterocycles. The molecule has 1 heteroatoms. The standard InChI is InChI=1S/C18H29N/c1-12(2)16-10-9-13(3)11-18(16)19-17-8-6-7-14(4)15(17)5/h6-8,12-13,16,18-19H,9-11H2,1-5H3. The number of hydrogen-bond acceptors (Lipinski definition) is 1. The minimum atomic E-state index is 0.643. The van der Waals surface area contributed by atoms with Crippen LogP contribution in [0.4, 0.5) is 5.69 Å². The van der Waals surface area contributed by atoms with Crippen molar-refractivity contribution < 1.29 is 0 Å². The fourth-order valence-electron chi connectivity index (χ4n) is 3.48. The Bertz CT molecular complexity index is 422. The molecule has 106 valence electrons. The predicted octanol–water partition coefficient (Wildman–Crippen LogP) is 5.18. The van der Waals surface area contributed by atoms with Crippen molar-refractivity contribution in [3.05, 3.63) is 29.3 Å². The highest BCUT2D eigenvalue weighted by Crippen LogP contribution is 2.35. The van der Waals surface area contributed by atoms with E-state index < -0.39 is 0 Å². The van der Waals surface area contributed by atoms with Crippen molar-refractivity contribution in [2.75, 3.05) is 5.32 Å². The predicted molar refractivity (Wildman–Crippen MR) is 84.7 cm³/mol. The summed E-state index contributed by atoms with van der Waals surface area (Å²) in [6.07, 6.45) is 4.09. The SMILES string of the molecule is Cc1cccc(NC2CC(C)CCC2C(C)C)c1C. The normalized spacial score (nSPS) is 27.6. The van der Waals surface area contributed by atoms with E-state index in [0.717, 1.165) is 17.8 Å². The second-order valence-corrected chi connectivity index (χ2v) is 6.82. The van der Waals surface area contributed by atoms with Gasteiger partial charge in [-0.05, 0) is 61.6 Å². The van der Waals surface area contributed by atoms with Crippen LogP contribution in [0.5, 0.6) is 0 Å². The van der Waals surface area contributed by atoms with E-state index in [0.29, 0.717) is 6.04 Å². The number of nitrogens with one attached hydrogen (secondary N) is 1. The molecular weight excluding hydrogens is 230 g/mol. The van der Waals surface area contributed by atoms with Crippen molar-refractivity contribution >= 4 is 5.69 Å². The molecule has 1 aliphatic carbocycles. The van der Waals surface area contributed by atoms with Crippen molar-refractivity contribution in [2.24, 2.45) is 17.8 Å². The topological polar surface area (TPSA) is 12.0 Å². The van der Waals surface area contributed by atoms with E-state index in [1.165, 1.54) is 36.1 Å². The monoisotopic (exact) mass is 259 g/mol. The van der Waals surface area contributed by atoms with Crippen LogP contribution in [0, 0.1) is 31.6 Å². The number of aryl methyl sites for hydroxylation is 1. The van der Waals surface area contributed by atoms with Gasteiger partial charge in [0.1, 0.15) is 0 Å². The van der Waals surface area contributed by atoms with Crippen LogP contribution in [0.2, 0.25) is 0 Å². The summed E-state index contributed by atoms with van der Waals surface area (Å²) in [5.41, 5.74) is 4.13. The van der Waals surface area contributed by atoms with E-state index in [1.54, 1.807) is 0 Å². The van der Waals surface area contributed by atoms with Crippen molar-refractivity contribution in [2.45, 2.75) is 59.9 Å². The first-order chi connectivity index (χ1) is 8.99. The Morgan fingerprint density at radius 1 is 1.16 bits per heavy atom. The van der Waals surface area contributed by atoms with Crippen molar-refractivity contribution in [1.29, 1.82) is 0 Å². The summed E-state index contributed by atoms with van der Waals surface area (Å²) in [6.45, 7) is 11.6. The number of rotatable bonds is 3. The van der Waals surface area contributed by atoms with Gasteiger partial charge in [0, 0.05) is 11.7 Å². The Hall–Kier alpha value is -0.980. The van der Waals surface area contributed by atoms with Crippen LogP contribution in [-0.4, -0.2) is 6.04 Å². The smallest absolute Gasteiger partial charge is 0.0374 e. The molecule has 1 fully saturated rings. The molecule has 0 bridgehead atoms. The molecule has 1 aliphatic rings. The van der Waals surface area contributed by atoms with Crippen LogP contribution in [0.1, 0.15) is 51.2 Å². The minimum Gasteiger partial charge on any atom is -0.382 e. The molecular formula is C18H29N. The Balaban J connectivity index is 2.16. The summed E-state index contributed by atoms with van der Waals surface area (Å²) < 4.78 is 0. The lowest BCUT2D eigenvalue weighted by Crippen LogP contribution is -2.38. The number of hydrogen-bond donors (Lipinski definition) is 1. The summed E-state index contributed by atoms with van der Waals surface area (Å²) in [5, 5.41) is 3.85. The van der Waals surface area contributed by atoms with E-state index in [4.69, 9.17) is 0 Å². The lowest BCUT2D eigenvalue weighted by Gasteiger charge is -2.38. The lowest BCUT2D eigenvalue weighted by atomic mass is 9.74. The zero-order chi connectivity index (χ0) is 14.0. The molecule has 19 heavy (non-hydrogen) atoms. The second-order valence-electron chi connectivity index (χ2n) is 6.82. The van der Waals surface area contributed by atoms with E-state index in [9.17, 15) is 0 Å². The molecule has 3 unspecified atom stereocenters. The third-order valence-electron chi connectivity index (χ3n) is 4.97. The molecule has 0 aliphatic heterocycles. The number of anilines is 1. The average molecular weight is 259 g/mol. The molecule has 1 nitrogen and oxygen atoms in total. The molecule has 1 N–H and O–H groups in total. The zero-order valence-corrected chi connectivity index (χ0v) is 13.2. The van der Waals surface area contributed by atoms with E-state index in [2.05, 4.69) is 58.1 Å². The molecule has 0 saturated heterocycles. The zero-order valence-electron chi connectivity index (χ0n) is 13.2. The van der Waals surface area contributed by atoms with Gasteiger partial charge < -0.3 is 5.32 Å². The average Bonchev–Trinajstić information content (AvgIpc) is 2.35. The van der Waals surface area contributed by atoms with Crippen LogP contribution in [-0.2, 0) is 0 Å². The van der Waals surface area contributed by atoms with Gasteiger partial charge in [0.25, 0.3) is 0 Å². The molecule has 1 aromatic rings. The van der Waals surface area contributed by atoms with Gasteiger partial charge in [-0.25, -0.2) is 0 Å². The van der Waals surface area contributed by atoms with Gasteiger partial charge in [-0.2, -0.15) is 0 Å². The minimum absolute atomic E-state index is 0.643. The Morgan fingerprint density at radius 2 is 1.89 bits per heavy atom. The second kappa shape index (κ2) is 5.98. The van der Waals surface area contributed by atoms with Crippen LogP contribution in [0.25, 0.3) is 0 Å². The third-order valence-corrected chi connectivity index (χ3v) is 4.97. The van der Waals surface area contributed by atoms with E-state index in [1.807, 2.05) is 0 Å². The summed E-state index contributed by atoms with van der Waals surface area (Å²) in [4.78, 5) is 0. The van der Waals surface area contributed by atoms with Gasteiger partial charge in [-0.1, -0.05) is 39.3 Å². The molecule has 0 spiro atoms. The maximum absolute atomic E-state index is 3.85. The Labute approximate surface area is 118 Å². The van der Waals surface area contributed by atoms with Crippen LogP contribution in [0.15, 0.2) is 18.2 Å². The summed E-state index contributed by atoms with van der Waals surface area (Å²) in [6, 6.07) is 7.24. The molecule has 0 amide bonds. The maximum atomic E-state index is 3.85. The Kier molecular flexibility index (Phi) is 4.54. The molecule has 0 radical (unpaired) electrons. The molecule has 2 rings (SSSR count). The summed E-state index contributed by atoms with van der Waals surface area (Å²) in [5.74, 6) is 2.45. The largest absolute Gasteiger partial charge is 0.382 e. The van der Waals surface area contributed by atoms with E-state index in [-0.39, 0.29) is 0 Å². The van der Waals surface area contributed by atoms with Crippen LogP contribution in [0.3, 0.4) is 0 Å². The maximum Gasteiger partial charge on any atom is 0.0374 e. The van der Waals surface area contributed by atoms with E-state index >= 15 is 0 Å². The highest BCUT2D eigenvalue weighted by atomic mass is 14.9. The third kappa shape index (κ3) is 3.32. The van der Waals surface area contributed by atoms with Gasteiger partial charge in [-0.15, -0.1) is 0 Å². The summed E-state index contributed by atoms with van der Waals surface area (Å²) >= 11 is 0. The van der Waals surface area contributed by atoms with Gasteiger partial charge >= 0.3 is 0 Å². The summed E-state index contributed by atoms with van der Waals surface area (Å²) in [7, 11) is 0.